The molecule has 0 atom stereocenters. The zero-order valence-corrected chi connectivity index (χ0v) is 12.1. The fourth-order valence-electron chi connectivity index (χ4n) is 1.56. The molecule has 94 valence electrons. The van der Waals surface area contributed by atoms with Crippen LogP contribution in [0, 0.1) is 13.8 Å². The van der Waals surface area contributed by atoms with Gasteiger partial charge in [-0.15, -0.1) is 11.3 Å². The number of amides is 1. The highest BCUT2D eigenvalue weighted by atomic mass is 35.5. The first kappa shape index (κ1) is 13.3. The fourth-order valence-corrected chi connectivity index (χ4v) is 2.90. The molecule has 0 radical (unpaired) electrons. The van der Waals surface area contributed by atoms with Crippen LogP contribution in [0.3, 0.4) is 0 Å². The van der Waals surface area contributed by atoms with E-state index in [-0.39, 0.29) is 5.91 Å². The summed E-state index contributed by atoms with van der Waals surface area (Å²) in [5.41, 5.74) is 0.996. The number of aromatic nitrogens is 1. The molecule has 0 saturated heterocycles. The molecule has 0 spiro atoms. The third kappa shape index (κ3) is 3.02. The summed E-state index contributed by atoms with van der Waals surface area (Å²) in [5, 5.41) is 4.54. The molecule has 2 rings (SSSR count). The minimum Gasteiger partial charge on any atom is -0.321 e. The number of hydrogen-bond acceptors (Lipinski definition) is 3. The number of carbonyl (C=O) groups excluding carboxylic acids is 1. The smallest absolute Gasteiger partial charge is 0.275 e. The van der Waals surface area contributed by atoms with Crippen molar-refractivity contribution in [3.8, 4) is 0 Å². The Labute approximate surface area is 119 Å². The normalized spacial score (nSPS) is 10.4. The van der Waals surface area contributed by atoms with E-state index in [0.717, 1.165) is 9.88 Å². The van der Waals surface area contributed by atoms with Crippen molar-refractivity contribution in [2.75, 3.05) is 5.32 Å². The monoisotopic (exact) mass is 300 g/mol. The van der Waals surface area contributed by atoms with Gasteiger partial charge in [0.05, 0.1) is 5.01 Å². The Morgan fingerprint density at radius 2 is 1.83 bits per heavy atom. The van der Waals surface area contributed by atoms with E-state index in [2.05, 4.69) is 10.3 Å². The molecule has 2 aromatic rings. The highest BCUT2D eigenvalue weighted by Gasteiger charge is 2.14. The first-order valence-electron chi connectivity index (χ1n) is 5.17. The number of rotatable bonds is 2. The number of halogens is 2. The summed E-state index contributed by atoms with van der Waals surface area (Å²) in [6.07, 6.45) is 0. The first-order valence-corrected chi connectivity index (χ1v) is 6.74. The molecule has 0 bridgehead atoms. The van der Waals surface area contributed by atoms with Gasteiger partial charge in [0, 0.05) is 20.6 Å². The molecule has 0 aliphatic rings. The standard InChI is InChI=1S/C12H10Cl2N2OS/c1-6-11(15-7(2)18-6)12(17)16-10-4-8(13)3-9(14)5-10/h3-5H,1-2H3,(H,16,17). The molecule has 0 fully saturated rings. The van der Waals surface area contributed by atoms with Crippen LogP contribution in [-0.2, 0) is 0 Å². The van der Waals surface area contributed by atoms with Gasteiger partial charge in [-0.1, -0.05) is 23.2 Å². The van der Waals surface area contributed by atoms with Crippen LogP contribution in [0.1, 0.15) is 20.4 Å². The van der Waals surface area contributed by atoms with Crippen molar-refractivity contribution in [1.29, 1.82) is 0 Å². The Kier molecular flexibility index (Phi) is 3.90. The van der Waals surface area contributed by atoms with Crippen LogP contribution < -0.4 is 5.32 Å². The van der Waals surface area contributed by atoms with Gasteiger partial charge >= 0.3 is 0 Å². The van der Waals surface area contributed by atoms with Gasteiger partial charge in [-0.05, 0) is 32.0 Å². The number of nitrogens with zero attached hydrogens (tertiary/aromatic N) is 1. The van der Waals surface area contributed by atoms with Gasteiger partial charge in [-0.2, -0.15) is 0 Å². The van der Waals surface area contributed by atoms with E-state index in [9.17, 15) is 4.79 Å². The lowest BCUT2D eigenvalue weighted by molar-refractivity contribution is 0.102. The minimum atomic E-state index is -0.254. The molecular weight excluding hydrogens is 291 g/mol. The summed E-state index contributed by atoms with van der Waals surface area (Å²) in [5.74, 6) is -0.254. The van der Waals surface area contributed by atoms with E-state index < -0.39 is 0 Å². The maximum atomic E-state index is 12.0. The molecule has 0 aliphatic heterocycles. The van der Waals surface area contributed by atoms with E-state index >= 15 is 0 Å². The van der Waals surface area contributed by atoms with Gasteiger partial charge in [0.1, 0.15) is 5.69 Å². The molecule has 3 nitrogen and oxygen atoms in total. The quantitative estimate of drug-likeness (QED) is 0.897. The van der Waals surface area contributed by atoms with E-state index in [4.69, 9.17) is 23.2 Å². The molecule has 0 aliphatic carbocycles. The zero-order chi connectivity index (χ0) is 13.3. The summed E-state index contributed by atoms with van der Waals surface area (Å²) in [6.45, 7) is 3.73. The van der Waals surface area contributed by atoms with Crippen LogP contribution >= 0.6 is 34.5 Å². The highest BCUT2D eigenvalue weighted by molar-refractivity contribution is 7.11. The third-order valence-electron chi connectivity index (χ3n) is 2.24. The van der Waals surface area contributed by atoms with Crippen LogP contribution in [0.4, 0.5) is 5.69 Å². The van der Waals surface area contributed by atoms with E-state index in [1.807, 2.05) is 13.8 Å². The van der Waals surface area contributed by atoms with Gasteiger partial charge in [0.2, 0.25) is 0 Å². The Balaban J connectivity index is 2.23. The van der Waals surface area contributed by atoms with E-state index in [0.29, 0.717) is 21.4 Å². The number of aryl methyl sites for hydroxylation is 2. The summed E-state index contributed by atoms with van der Waals surface area (Å²) in [4.78, 5) is 17.1. The van der Waals surface area contributed by atoms with Crippen molar-refractivity contribution in [1.82, 2.24) is 4.98 Å². The predicted molar refractivity (Wildman–Crippen MR) is 76.0 cm³/mol. The van der Waals surface area contributed by atoms with Crippen molar-refractivity contribution in [2.45, 2.75) is 13.8 Å². The zero-order valence-electron chi connectivity index (χ0n) is 9.75. The lowest BCUT2D eigenvalue weighted by atomic mass is 10.3. The van der Waals surface area contributed by atoms with E-state index in [1.54, 1.807) is 18.2 Å². The average molecular weight is 301 g/mol. The molecule has 1 N–H and O–H groups in total. The Morgan fingerprint density at radius 3 is 2.33 bits per heavy atom. The lowest BCUT2D eigenvalue weighted by Gasteiger charge is -2.05. The number of thiazole rings is 1. The number of carbonyl (C=O) groups is 1. The second-order valence-corrected chi connectivity index (χ2v) is 6.03. The second kappa shape index (κ2) is 5.26. The van der Waals surface area contributed by atoms with Crippen LogP contribution in [0.5, 0.6) is 0 Å². The van der Waals surface area contributed by atoms with E-state index in [1.165, 1.54) is 11.3 Å². The Morgan fingerprint density at radius 1 is 1.22 bits per heavy atom. The van der Waals surface area contributed by atoms with Crippen LogP contribution in [0.15, 0.2) is 18.2 Å². The van der Waals surface area contributed by atoms with Gasteiger partial charge in [-0.3, -0.25) is 4.79 Å². The molecule has 18 heavy (non-hydrogen) atoms. The molecule has 6 heteroatoms. The minimum absolute atomic E-state index is 0.254. The van der Waals surface area contributed by atoms with Crippen molar-refractivity contribution in [2.24, 2.45) is 0 Å². The summed E-state index contributed by atoms with van der Waals surface area (Å²) in [7, 11) is 0. The summed E-state index contributed by atoms with van der Waals surface area (Å²) in [6, 6.07) is 4.89. The van der Waals surface area contributed by atoms with Gasteiger partial charge in [-0.25, -0.2) is 4.98 Å². The average Bonchev–Trinajstić information content (AvgIpc) is 2.56. The maximum Gasteiger partial charge on any atom is 0.275 e. The Bertz CT molecular complexity index is 590. The first-order chi connectivity index (χ1) is 8.45. The highest BCUT2D eigenvalue weighted by Crippen LogP contribution is 2.24. The second-order valence-electron chi connectivity index (χ2n) is 3.75. The molecule has 0 saturated carbocycles. The topological polar surface area (TPSA) is 42.0 Å². The van der Waals surface area contributed by atoms with Crippen molar-refractivity contribution >= 4 is 46.1 Å². The molecular formula is C12H10Cl2N2OS. The summed E-state index contributed by atoms with van der Waals surface area (Å²) < 4.78 is 0. The van der Waals surface area contributed by atoms with Gasteiger partial charge in [0.25, 0.3) is 5.91 Å². The van der Waals surface area contributed by atoms with Crippen LogP contribution in [0.2, 0.25) is 10.0 Å². The fraction of sp³-hybridized carbons (Fsp3) is 0.167. The number of benzene rings is 1. The van der Waals surface area contributed by atoms with Crippen LogP contribution in [0.25, 0.3) is 0 Å². The SMILES string of the molecule is Cc1nc(C(=O)Nc2cc(Cl)cc(Cl)c2)c(C)s1. The molecule has 0 unspecified atom stereocenters. The summed E-state index contributed by atoms with van der Waals surface area (Å²) >= 11 is 13.2. The van der Waals surface area contributed by atoms with Crippen molar-refractivity contribution in [3.05, 3.63) is 43.8 Å². The number of hydrogen-bond donors (Lipinski definition) is 1. The van der Waals surface area contributed by atoms with Crippen molar-refractivity contribution < 1.29 is 4.79 Å². The predicted octanol–water partition coefficient (Wildman–Crippen LogP) is 4.32. The molecule has 1 amide bonds. The Hall–Kier alpha value is -1.10. The van der Waals surface area contributed by atoms with Crippen molar-refractivity contribution in [3.63, 3.8) is 0 Å². The molecule has 1 aromatic carbocycles. The number of nitrogens with one attached hydrogen (secondary N) is 1. The maximum absolute atomic E-state index is 12.0. The molecule has 1 heterocycles. The molecule has 1 aromatic heterocycles. The lowest BCUT2D eigenvalue weighted by Crippen LogP contribution is -2.13. The van der Waals surface area contributed by atoms with Gasteiger partial charge in [0.15, 0.2) is 0 Å². The van der Waals surface area contributed by atoms with Crippen LogP contribution in [-0.4, -0.2) is 10.9 Å². The third-order valence-corrected chi connectivity index (χ3v) is 3.56. The number of anilines is 1. The van der Waals surface area contributed by atoms with Gasteiger partial charge < -0.3 is 5.32 Å². The largest absolute Gasteiger partial charge is 0.321 e.